The molecular formula is C22H35N7O3SSi. The summed E-state index contributed by atoms with van der Waals surface area (Å²) in [4.78, 5) is 9.00. The van der Waals surface area contributed by atoms with Crippen LogP contribution in [0.15, 0.2) is 31.0 Å². The number of hydrogen-bond donors (Lipinski definition) is 1. The van der Waals surface area contributed by atoms with E-state index in [4.69, 9.17) is 10.5 Å². The van der Waals surface area contributed by atoms with E-state index in [-0.39, 0.29) is 5.75 Å². The standard InChI is InChI=1S/C22H35N7O3SSi/c1-5-33(30,31)28-14-22(15-28,7-8-23)29-13-18(12-26-29)20-19-6-9-27(21(19)25-16-24-20)17-32-10-11-34(2,3)4/h6,9,12-13,16H,5,7-8,10-11,14-15,17,23H2,1-4H3. The van der Waals surface area contributed by atoms with Gasteiger partial charge in [-0.1, -0.05) is 19.6 Å². The third kappa shape index (κ3) is 4.96. The molecule has 0 spiro atoms. The highest BCUT2D eigenvalue weighted by atomic mass is 32.2. The molecule has 186 valence electrons. The second-order valence-electron chi connectivity index (χ2n) is 10.2. The van der Waals surface area contributed by atoms with E-state index >= 15 is 0 Å². The van der Waals surface area contributed by atoms with E-state index in [0.29, 0.717) is 32.8 Å². The van der Waals surface area contributed by atoms with E-state index in [1.807, 2.05) is 27.7 Å². The zero-order valence-electron chi connectivity index (χ0n) is 20.4. The van der Waals surface area contributed by atoms with Crippen LogP contribution in [-0.2, 0) is 27.0 Å². The maximum absolute atomic E-state index is 12.3. The summed E-state index contributed by atoms with van der Waals surface area (Å²) in [5.41, 5.74) is 7.90. The Bertz CT molecular complexity index is 1240. The zero-order valence-corrected chi connectivity index (χ0v) is 22.3. The van der Waals surface area contributed by atoms with Crippen LogP contribution in [0.25, 0.3) is 22.3 Å². The van der Waals surface area contributed by atoms with Gasteiger partial charge in [-0.2, -0.15) is 9.40 Å². The molecule has 1 fully saturated rings. The molecule has 0 aromatic carbocycles. The van der Waals surface area contributed by atoms with Gasteiger partial charge < -0.3 is 15.0 Å². The SMILES string of the molecule is CCS(=O)(=O)N1CC(CCN)(n2cc(-c3ncnc4c3ccn4COCC[Si](C)(C)C)cn2)C1. The first-order valence-electron chi connectivity index (χ1n) is 11.7. The van der Waals surface area contributed by atoms with Crippen molar-refractivity contribution in [1.82, 2.24) is 28.6 Å². The first kappa shape index (κ1) is 25.0. The molecule has 0 unspecified atom stereocenters. The van der Waals surface area contributed by atoms with E-state index in [0.717, 1.165) is 34.9 Å². The summed E-state index contributed by atoms with van der Waals surface area (Å²) in [5, 5.41) is 5.52. The summed E-state index contributed by atoms with van der Waals surface area (Å²) in [6.45, 7) is 11.1. The topological polar surface area (TPSA) is 121 Å². The first-order valence-corrected chi connectivity index (χ1v) is 17.0. The molecule has 10 nitrogen and oxygen atoms in total. The Morgan fingerprint density at radius 1 is 1.24 bits per heavy atom. The van der Waals surface area contributed by atoms with Crippen molar-refractivity contribution in [2.24, 2.45) is 5.73 Å². The van der Waals surface area contributed by atoms with Gasteiger partial charge in [0.05, 0.1) is 23.2 Å². The fraction of sp³-hybridized carbons (Fsp3) is 0.591. The van der Waals surface area contributed by atoms with Gasteiger partial charge in [0.25, 0.3) is 0 Å². The molecule has 1 saturated heterocycles. The molecule has 12 heteroatoms. The summed E-state index contributed by atoms with van der Waals surface area (Å²) < 4.78 is 35.8. The lowest BCUT2D eigenvalue weighted by molar-refractivity contribution is 0.0608. The quantitative estimate of drug-likeness (QED) is 0.313. The van der Waals surface area contributed by atoms with Gasteiger partial charge in [0.2, 0.25) is 10.0 Å². The lowest BCUT2D eigenvalue weighted by Crippen LogP contribution is -2.65. The second kappa shape index (κ2) is 9.50. The van der Waals surface area contributed by atoms with Gasteiger partial charge in [0, 0.05) is 51.1 Å². The smallest absolute Gasteiger partial charge is 0.213 e. The number of nitrogens with zero attached hydrogens (tertiary/aromatic N) is 6. The molecule has 0 bridgehead atoms. The van der Waals surface area contributed by atoms with Crippen molar-refractivity contribution in [3.63, 3.8) is 0 Å². The minimum atomic E-state index is -3.23. The molecule has 2 N–H and O–H groups in total. The Balaban J connectivity index is 1.55. The van der Waals surface area contributed by atoms with Crippen LogP contribution >= 0.6 is 0 Å². The van der Waals surface area contributed by atoms with E-state index in [1.54, 1.807) is 19.4 Å². The number of fused-ring (bicyclic) bond motifs is 1. The van der Waals surface area contributed by atoms with Crippen LogP contribution in [0.4, 0.5) is 0 Å². The monoisotopic (exact) mass is 505 g/mol. The largest absolute Gasteiger partial charge is 0.361 e. The Morgan fingerprint density at radius 3 is 2.68 bits per heavy atom. The fourth-order valence-corrected chi connectivity index (χ4v) is 6.26. The molecule has 0 aliphatic carbocycles. The van der Waals surface area contributed by atoms with Gasteiger partial charge in [-0.3, -0.25) is 4.68 Å². The molecule has 0 saturated carbocycles. The number of ether oxygens (including phenoxy) is 1. The molecule has 3 aromatic rings. The van der Waals surface area contributed by atoms with E-state index < -0.39 is 23.6 Å². The minimum absolute atomic E-state index is 0.0911. The summed E-state index contributed by atoms with van der Waals surface area (Å²) in [5.74, 6) is 0.0911. The Labute approximate surface area is 202 Å². The summed E-state index contributed by atoms with van der Waals surface area (Å²) in [7, 11) is -4.36. The van der Waals surface area contributed by atoms with Crippen molar-refractivity contribution < 1.29 is 13.2 Å². The number of hydrogen-bond acceptors (Lipinski definition) is 7. The number of aromatic nitrogens is 5. The third-order valence-electron chi connectivity index (χ3n) is 6.43. The van der Waals surface area contributed by atoms with E-state index in [1.165, 1.54) is 4.31 Å². The Morgan fingerprint density at radius 2 is 2.00 bits per heavy atom. The third-order valence-corrected chi connectivity index (χ3v) is 9.91. The molecule has 1 aliphatic heterocycles. The average Bonchev–Trinajstić information content (AvgIpc) is 3.40. The summed E-state index contributed by atoms with van der Waals surface area (Å²) in [6.07, 6.45) is 7.89. The normalized spacial score (nSPS) is 16.7. The molecule has 0 amide bonds. The van der Waals surface area contributed by atoms with E-state index in [2.05, 4.69) is 34.7 Å². The van der Waals surface area contributed by atoms with Crippen LogP contribution < -0.4 is 5.73 Å². The Hall–Kier alpha value is -2.12. The predicted molar refractivity (Wildman–Crippen MR) is 136 cm³/mol. The van der Waals surface area contributed by atoms with Gasteiger partial charge in [0.1, 0.15) is 18.7 Å². The number of sulfonamides is 1. The average molecular weight is 506 g/mol. The van der Waals surface area contributed by atoms with Crippen molar-refractivity contribution in [3.05, 3.63) is 31.0 Å². The van der Waals surface area contributed by atoms with Crippen LogP contribution in [0.1, 0.15) is 13.3 Å². The van der Waals surface area contributed by atoms with E-state index in [9.17, 15) is 8.42 Å². The van der Waals surface area contributed by atoms with Crippen LogP contribution in [0.5, 0.6) is 0 Å². The molecule has 4 heterocycles. The van der Waals surface area contributed by atoms with Crippen molar-refractivity contribution in [2.75, 3.05) is 32.0 Å². The van der Waals surface area contributed by atoms with Crippen LogP contribution in [0.2, 0.25) is 25.7 Å². The van der Waals surface area contributed by atoms with Crippen LogP contribution in [-0.4, -0.2) is 77.1 Å². The molecule has 4 rings (SSSR count). The van der Waals surface area contributed by atoms with Gasteiger partial charge in [-0.15, -0.1) is 0 Å². The maximum atomic E-state index is 12.3. The number of nitrogens with two attached hydrogens (primary N) is 1. The highest BCUT2D eigenvalue weighted by Gasteiger charge is 2.49. The molecule has 34 heavy (non-hydrogen) atoms. The summed E-state index contributed by atoms with van der Waals surface area (Å²) >= 11 is 0. The molecule has 0 atom stereocenters. The predicted octanol–water partition coefficient (Wildman–Crippen LogP) is 2.32. The van der Waals surface area contributed by atoms with Gasteiger partial charge in [0.15, 0.2) is 0 Å². The molecule has 0 radical (unpaired) electrons. The van der Waals surface area contributed by atoms with Gasteiger partial charge in [-0.25, -0.2) is 18.4 Å². The zero-order chi connectivity index (χ0) is 24.6. The molecule has 1 aliphatic rings. The number of rotatable bonds is 11. The summed E-state index contributed by atoms with van der Waals surface area (Å²) in [6, 6.07) is 3.12. The van der Waals surface area contributed by atoms with Crippen LogP contribution in [0.3, 0.4) is 0 Å². The van der Waals surface area contributed by atoms with Crippen molar-refractivity contribution >= 4 is 29.1 Å². The molecular weight excluding hydrogens is 470 g/mol. The minimum Gasteiger partial charge on any atom is -0.361 e. The molecule has 3 aromatic heterocycles. The van der Waals surface area contributed by atoms with Crippen LogP contribution in [0, 0.1) is 0 Å². The van der Waals surface area contributed by atoms with Gasteiger partial charge >= 0.3 is 0 Å². The van der Waals surface area contributed by atoms with Gasteiger partial charge in [-0.05, 0) is 32.0 Å². The van der Waals surface area contributed by atoms with Crippen molar-refractivity contribution in [3.8, 4) is 11.3 Å². The lowest BCUT2D eigenvalue weighted by atomic mass is 9.88. The lowest BCUT2D eigenvalue weighted by Gasteiger charge is -2.49. The fourth-order valence-electron chi connectivity index (χ4n) is 4.26. The highest BCUT2D eigenvalue weighted by Crippen LogP contribution is 2.35. The van der Waals surface area contributed by atoms with Crippen molar-refractivity contribution in [1.29, 1.82) is 0 Å². The highest BCUT2D eigenvalue weighted by molar-refractivity contribution is 7.89. The second-order valence-corrected chi connectivity index (χ2v) is 18.1. The first-order chi connectivity index (χ1) is 16.1. The maximum Gasteiger partial charge on any atom is 0.213 e. The Kier molecular flexibility index (Phi) is 6.98. The van der Waals surface area contributed by atoms with Crippen molar-refractivity contribution in [2.45, 2.75) is 51.3 Å².